The van der Waals surface area contributed by atoms with Crippen LogP contribution in [0.4, 0.5) is 5.69 Å². The minimum absolute atomic E-state index is 0.0420. The normalized spacial score (nSPS) is 18.1. The van der Waals surface area contributed by atoms with Crippen LogP contribution in [-0.2, 0) is 4.79 Å². The molecule has 0 radical (unpaired) electrons. The second-order valence-electron chi connectivity index (χ2n) is 4.96. The molecule has 2 rings (SSSR count). The number of aryl methyl sites for hydroxylation is 2. The van der Waals surface area contributed by atoms with Crippen LogP contribution < -0.4 is 5.32 Å². The molecule has 0 aliphatic heterocycles. The fraction of sp³-hybridized carbons (Fsp3) is 0.400. The van der Waals surface area contributed by atoms with Crippen molar-refractivity contribution in [3.63, 3.8) is 0 Å². The van der Waals surface area contributed by atoms with Gasteiger partial charge in [0, 0.05) is 6.42 Å². The van der Waals surface area contributed by atoms with Crippen molar-refractivity contribution in [1.82, 2.24) is 0 Å². The SMILES string of the molecule is Cc1cc(C)c(NC(=O)C[C@H]2C=CCC2)c(Cl)c1. The van der Waals surface area contributed by atoms with Crippen LogP contribution in [0.15, 0.2) is 24.3 Å². The van der Waals surface area contributed by atoms with Gasteiger partial charge in [-0.05, 0) is 49.8 Å². The number of rotatable bonds is 3. The molecule has 1 aliphatic rings. The topological polar surface area (TPSA) is 29.1 Å². The fourth-order valence-corrected chi connectivity index (χ4v) is 2.74. The zero-order chi connectivity index (χ0) is 13.1. The Morgan fingerprint density at radius 1 is 1.44 bits per heavy atom. The minimum atomic E-state index is 0.0420. The molecular formula is C15H18ClNO. The van der Waals surface area contributed by atoms with Crippen LogP contribution in [0.25, 0.3) is 0 Å². The Labute approximate surface area is 113 Å². The highest BCUT2D eigenvalue weighted by Crippen LogP contribution is 2.28. The maximum absolute atomic E-state index is 12.0. The van der Waals surface area contributed by atoms with Crippen molar-refractivity contribution in [2.24, 2.45) is 5.92 Å². The first-order valence-corrected chi connectivity index (χ1v) is 6.67. The number of halogens is 1. The molecule has 18 heavy (non-hydrogen) atoms. The van der Waals surface area contributed by atoms with Gasteiger partial charge in [0.05, 0.1) is 10.7 Å². The summed E-state index contributed by atoms with van der Waals surface area (Å²) in [7, 11) is 0. The standard InChI is InChI=1S/C15H18ClNO/c1-10-7-11(2)15(13(16)8-10)17-14(18)9-12-5-3-4-6-12/h3,5,7-8,12H,4,6,9H2,1-2H3,(H,17,18)/t12-/m0/s1. The van der Waals surface area contributed by atoms with Crippen molar-refractivity contribution in [3.05, 3.63) is 40.4 Å². The van der Waals surface area contributed by atoms with Crippen LogP contribution in [0.2, 0.25) is 5.02 Å². The van der Waals surface area contributed by atoms with E-state index in [1.807, 2.05) is 26.0 Å². The second kappa shape index (κ2) is 5.57. The average Bonchev–Trinajstić information content (AvgIpc) is 2.76. The summed E-state index contributed by atoms with van der Waals surface area (Å²) in [6, 6.07) is 3.90. The van der Waals surface area contributed by atoms with Gasteiger partial charge in [-0.1, -0.05) is 29.8 Å². The van der Waals surface area contributed by atoms with Crippen molar-refractivity contribution in [2.45, 2.75) is 33.1 Å². The van der Waals surface area contributed by atoms with E-state index < -0.39 is 0 Å². The quantitative estimate of drug-likeness (QED) is 0.812. The summed E-state index contributed by atoms with van der Waals surface area (Å²) in [6.07, 6.45) is 6.97. The molecule has 0 bridgehead atoms. The van der Waals surface area contributed by atoms with Gasteiger partial charge in [0.1, 0.15) is 0 Å². The molecular weight excluding hydrogens is 246 g/mol. The number of allylic oxidation sites excluding steroid dienone is 2. The van der Waals surface area contributed by atoms with Crippen LogP contribution in [0, 0.1) is 19.8 Å². The van der Waals surface area contributed by atoms with Gasteiger partial charge < -0.3 is 5.32 Å². The van der Waals surface area contributed by atoms with Gasteiger partial charge in [-0.3, -0.25) is 4.79 Å². The maximum Gasteiger partial charge on any atom is 0.225 e. The molecule has 0 unspecified atom stereocenters. The number of anilines is 1. The second-order valence-corrected chi connectivity index (χ2v) is 5.36. The Kier molecular flexibility index (Phi) is 4.07. The van der Waals surface area contributed by atoms with E-state index >= 15 is 0 Å². The number of carbonyl (C=O) groups is 1. The lowest BCUT2D eigenvalue weighted by Crippen LogP contribution is -2.15. The molecule has 0 spiro atoms. The van der Waals surface area contributed by atoms with Crippen molar-refractivity contribution in [2.75, 3.05) is 5.32 Å². The van der Waals surface area contributed by atoms with Crippen molar-refractivity contribution < 1.29 is 4.79 Å². The lowest BCUT2D eigenvalue weighted by Gasteiger charge is -2.13. The lowest BCUT2D eigenvalue weighted by atomic mass is 10.0. The third kappa shape index (κ3) is 3.14. The van der Waals surface area contributed by atoms with E-state index in [0.29, 0.717) is 17.4 Å². The summed E-state index contributed by atoms with van der Waals surface area (Å²) in [4.78, 5) is 12.0. The number of amides is 1. The van der Waals surface area contributed by atoms with Crippen LogP contribution in [0.1, 0.15) is 30.4 Å². The van der Waals surface area contributed by atoms with Crippen LogP contribution in [0.5, 0.6) is 0 Å². The predicted molar refractivity (Wildman–Crippen MR) is 76.0 cm³/mol. The third-order valence-electron chi connectivity index (χ3n) is 3.26. The molecule has 1 N–H and O–H groups in total. The Morgan fingerprint density at radius 3 is 2.83 bits per heavy atom. The Balaban J connectivity index is 2.04. The molecule has 0 saturated carbocycles. The number of hydrogen-bond donors (Lipinski definition) is 1. The van der Waals surface area contributed by atoms with Crippen molar-refractivity contribution >= 4 is 23.2 Å². The van der Waals surface area contributed by atoms with E-state index in [4.69, 9.17) is 11.6 Å². The van der Waals surface area contributed by atoms with Gasteiger partial charge in [-0.15, -0.1) is 0 Å². The van der Waals surface area contributed by atoms with E-state index in [9.17, 15) is 4.79 Å². The first kappa shape index (κ1) is 13.2. The molecule has 1 aromatic rings. The van der Waals surface area contributed by atoms with Crippen LogP contribution >= 0.6 is 11.6 Å². The molecule has 0 saturated heterocycles. The van der Waals surface area contributed by atoms with Crippen LogP contribution in [-0.4, -0.2) is 5.91 Å². The summed E-state index contributed by atoms with van der Waals surface area (Å²) < 4.78 is 0. The van der Waals surface area contributed by atoms with Crippen molar-refractivity contribution in [1.29, 1.82) is 0 Å². The monoisotopic (exact) mass is 263 g/mol. The predicted octanol–water partition coefficient (Wildman–Crippen LogP) is 4.25. The van der Waals surface area contributed by atoms with Crippen LogP contribution in [0.3, 0.4) is 0 Å². The molecule has 3 heteroatoms. The number of carbonyl (C=O) groups excluding carboxylic acids is 1. The molecule has 1 aromatic carbocycles. The first-order valence-electron chi connectivity index (χ1n) is 6.29. The van der Waals surface area contributed by atoms with Gasteiger partial charge in [0.2, 0.25) is 5.91 Å². The smallest absolute Gasteiger partial charge is 0.225 e. The summed E-state index contributed by atoms with van der Waals surface area (Å²) in [5.74, 6) is 0.426. The van der Waals surface area contributed by atoms with E-state index in [1.54, 1.807) is 0 Å². The Morgan fingerprint density at radius 2 is 2.22 bits per heavy atom. The summed E-state index contributed by atoms with van der Waals surface area (Å²) >= 11 is 6.17. The maximum atomic E-state index is 12.0. The van der Waals surface area contributed by atoms with Gasteiger partial charge in [-0.2, -0.15) is 0 Å². The van der Waals surface area contributed by atoms with E-state index in [2.05, 4.69) is 17.5 Å². The lowest BCUT2D eigenvalue weighted by molar-refractivity contribution is -0.116. The molecule has 1 atom stereocenters. The molecule has 2 nitrogen and oxygen atoms in total. The number of nitrogens with one attached hydrogen (secondary N) is 1. The molecule has 0 fully saturated rings. The van der Waals surface area contributed by atoms with Gasteiger partial charge >= 0.3 is 0 Å². The molecule has 1 aliphatic carbocycles. The molecule has 1 amide bonds. The zero-order valence-electron chi connectivity index (χ0n) is 10.8. The highest BCUT2D eigenvalue weighted by molar-refractivity contribution is 6.34. The largest absolute Gasteiger partial charge is 0.325 e. The third-order valence-corrected chi connectivity index (χ3v) is 3.55. The van der Waals surface area contributed by atoms with Gasteiger partial charge in [-0.25, -0.2) is 0 Å². The summed E-state index contributed by atoms with van der Waals surface area (Å²) in [5, 5.41) is 3.54. The molecule has 0 aromatic heterocycles. The number of benzene rings is 1. The van der Waals surface area contributed by atoms with E-state index in [-0.39, 0.29) is 5.91 Å². The fourth-order valence-electron chi connectivity index (χ4n) is 2.37. The van der Waals surface area contributed by atoms with Gasteiger partial charge in [0.25, 0.3) is 0 Å². The van der Waals surface area contributed by atoms with Crippen molar-refractivity contribution in [3.8, 4) is 0 Å². The molecule has 96 valence electrons. The molecule has 0 heterocycles. The summed E-state index contributed by atoms with van der Waals surface area (Å²) in [6.45, 7) is 3.96. The number of hydrogen-bond acceptors (Lipinski definition) is 1. The average molecular weight is 264 g/mol. The Bertz CT molecular complexity index is 470. The Hall–Kier alpha value is -1.28. The minimum Gasteiger partial charge on any atom is -0.325 e. The van der Waals surface area contributed by atoms with Gasteiger partial charge in [0.15, 0.2) is 0 Å². The van der Waals surface area contributed by atoms with E-state index in [0.717, 1.165) is 29.7 Å². The zero-order valence-corrected chi connectivity index (χ0v) is 11.6. The summed E-state index contributed by atoms with van der Waals surface area (Å²) in [5.41, 5.74) is 2.86. The van der Waals surface area contributed by atoms with E-state index in [1.165, 1.54) is 0 Å². The highest BCUT2D eigenvalue weighted by atomic mass is 35.5. The highest BCUT2D eigenvalue weighted by Gasteiger charge is 2.15. The first-order chi connectivity index (χ1) is 8.56.